The van der Waals surface area contributed by atoms with E-state index in [0.717, 1.165) is 52.1 Å². The molecule has 24 heavy (non-hydrogen) atoms. The number of hydrogen-bond acceptors (Lipinski definition) is 5. The fourth-order valence-corrected chi connectivity index (χ4v) is 4.22. The van der Waals surface area contributed by atoms with Crippen molar-refractivity contribution in [3.05, 3.63) is 30.1 Å². The second-order valence-corrected chi connectivity index (χ2v) is 7.46. The van der Waals surface area contributed by atoms with Crippen molar-refractivity contribution >= 4 is 5.91 Å². The lowest BCUT2D eigenvalue weighted by molar-refractivity contribution is -0.201. The van der Waals surface area contributed by atoms with Gasteiger partial charge in [-0.1, -0.05) is 0 Å². The van der Waals surface area contributed by atoms with E-state index in [9.17, 15) is 4.79 Å². The van der Waals surface area contributed by atoms with Crippen LogP contribution in [-0.2, 0) is 16.1 Å². The fraction of sp³-hybridized carbons (Fsp3) is 0.667. The number of pyridine rings is 1. The Hall–Kier alpha value is -1.50. The highest BCUT2D eigenvalue weighted by Gasteiger charge is 2.50. The summed E-state index contributed by atoms with van der Waals surface area (Å²) in [5.41, 5.74) is 1.19. The van der Waals surface area contributed by atoms with Gasteiger partial charge in [0, 0.05) is 51.7 Å². The van der Waals surface area contributed by atoms with Gasteiger partial charge in [0.1, 0.15) is 11.6 Å². The average molecular weight is 330 g/mol. The smallest absolute Gasteiger partial charge is 0.242 e. The first-order chi connectivity index (χ1) is 11.7. The molecule has 3 fully saturated rings. The Bertz CT molecular complexity index is 582. The Morgan fingerprint density at radius 2 is 1.96 bits per heavy atom. The van der Waals surface area contributed by atoms with Gasteiger partial charge in [0.05, 0.1) is 6.61 Å². The number of aromatic nitrogens is 1. The summed E-state index contributed by atoms with van der Waals surface area (Å²) in [5.74, 6) is 0.248. The maximum Gasteiger partial charge on any atom is 0.242 e. The minimum atomic E-state index is -0.108. The van der Waals surface area contributed by atoms with Crippen LogP contribution in [0, 0.1) is 0 Å². The molecular weight excluding hydrogens is 304 g/mol. The van der Waals surface area contributed by atoms with Crippen molar-refractivity contribution in [2.45, 2.75) is 31.0 Å². The molecule has 6 nitrogen and oxygen atoms in total. The minimum absolute atomic E-state index is 0.0937. The van der Waals surface area contributed by atoms with Gasteiger partial charge >= 0.3 is 0 Å². The van der Waals surface area contributed by atoms with Crippen LogP contribution in [0.4, 0.5) is 0 Å². The molecule has 6 heteroatoms. The molecule has 1 aromatic rings. The minimum Gasteiger partial charge on any atom is -0.369 e. The fourth-order valence-electron chi connectivity index (χ4n) is 4.22. The van der Waals surface area contributed by atoms with Crippen LogP contribution >= 0.6 is 0 Å². The molecule has 1 spiro atoms. The highest BCUT2D eigenvalue weighted by molar-refractivity contribution is 5.82. The van der Waals surface area contributed by atoms with E-state index in [0.29, 0.717) is 6.61 Å². The molecule has 0 aliphatic carbocycles. The Labute approximate surface area is 143 Å². The number of carbonyl (C=O) groups is 1. The molecule has 4 heterocycles. The molecule has 130 valence electrons. The zero-order valence-corrected chi connectivity index (χ0v) is 14.4. The third-order valence-corrected chi connectivity index (χ3v) is 5.50. The zero-order chi connectivity index (χ0) is 16.6. The maximum atomic E-state index is 12.6. The Balaban J connectivity index is 1.30. The second-order valence-electron chi connectivity index (χ2n) is 7.46. The van der Waals surface area contributed by atoms with E-state index in [1.54, 1.807) is 0 Å². The summed E-state index contributed by atoms with van der Waals surface area (Å²) in [6, 6.07) is 4.01. The average Bonchev–Trinajstić information content (AvgIpc) is 3.08. The lowest BCUT2D eigenvalue weighted by Crippen LogP contribution is -2.72. The van der Waals surface area contributed by atoms with Gasteiger partial charge in [-0.2, -0.15) is 0 Å². The van der Waals surface area contributed by atoms with E-state index in [4.69, 9.17) is 4.74 Å². The first-order valence-electron chi connectivity index (χ1n) is 8.89. The van der Waals surface area contributed by atoms with Gasteiger partial charge in [0.15, 0.2) is 0 Å². The summed E-state index contributed by atoms with van der Waals surface area (Å²) in [5, 5.41) is 0. The maximum absolute atomic E-state index is 12.6. The quantitative estimate of drug-likeness (QED) is 0.812. The SMILES string of the molecule is CN1CC2(CN(Cc3ccncc3)C2)OCC1C(=O)N1CCCC1. The number of ether oxygens (including phenoxy) is 1. The van der Waals surface area contributed by atoms with Crippen LogP contribution in [0.25, 0.3) is 0 Å². The summed E-state index contributed by atoms with van der Waals surface area (Å²) in [7, 11) is 2.06. The molecule has 0 bridgehead atoms. The summed E-state index contributed by atoms with van der Waals surface area (Å²) in [6.07, 6.45) is 5.95. The highest BCUT2D eigenvalue weighted by Crippen LogP contribution is 2.32. The molecular formula is C18H26N4O2. The lowest BCUT2D eigenvalue weighted by atomic mass is 9.90. The van der Waals surface area contributed by atoms with E-state index in [2.05, 4.69) is 34.0 Å². The van der Waals surface area contributed by atoms with E-state index >= 15 is 0 Å². The molecule has 4 rings (SSSR count). The molecule has 3 aliphatic rings. The van der Waals surface area contributed by atoms with Crippen molar-refractivity contribution in [3.8, 4) is 0 Å². The molecule has 3 aliphatic heterocycles. The summed E-state index contributed by atoms with van der Waals surface area (Å²) < 4.78 is 6.19. The van der Waals surface area contributed by atoms with Crippen LogP contribution in [0.1, 0.15) is 18.4 Å². The number of likely N-dealkylation sites (tertiary alicyclic amines) is 2. The summed E-state index contributed by atoms with van der Waals surface area (Å²) in [6.45, 7) is 5.99. The van der Waals surface area contributed by atoms with Crippen LogP contribution in [0.15, 0.2) is 24.5 Å². The number of hydrogen-bond donors (Lipinski definition) is 0. The second kappa shape index (κ2) is 6.43. The van der Waals surface area contributed by atoms with E-state index in [1.165, 1.54) is 5.56 Å². The zero-order valence-electron chi connectivity index (χ0n) is 14.4. The number of likely N-dealkylation sites (N-methyl/N-ethyl adjacent to an activating group) is 1. The largest absolute Gasteiger partial charge is 0.369 e. The standard InChI is InChI=1S/C18H26N4O2/c1-20-12-18(13-21(14-18)10-15-4-6-19-7-5-15)24-11-16(20)17(23)22-8-2-3-9-22/h4-7,16H,2-3,8-14H2,1H3. The van der Waals surface area contributed by atoms with Crippen LogP contribution in [0.5, 0.6) is 0 Å². The topological polar surface area (TPSA) is 48.9 Å². The third-order valence-electron chi connectivity index (χ3n) is 5.50. The molecule has 0 radical (unpaired) electrons. The lowest BCUT2D eigenvalue weighted by Gasteiger charge is -2.55. The Morgan fingerprint density at radius 1 is 1.25 bits per heavy atom. The van der Waals surface area contributed by atoms with E-state index in [-0.39, 0.29) is 17.6 Å². The van der Waals surface area contributed by atoms with Crippen LogP contribution in [0.2, 0.25) is 0 Å². The van der Waals surface area contributed by atoms with Crippen molar-refractivity contribution in [2.24, 2.45) is 0 Å². The number of morpholine rings is 1. The molecule has 0 saturated carbocycles. The monoisotopic (exact) mass is 330 g/mol. The molecule has 1 aromatic heterocycles. The first kappa shape index (κ1) is 16.0. The number of carbonyl (C=O) groups excluding carboxylic acids is 1. The van der Waals surface area contributed by atoms with E-state index in [1.807, 2.05) is 17.3 Å². The number of nitrogens with zero attached hydrogens (tertiary/aromatic N) is 4. The third kappa shape index (κ3) is 3.06. The van der Waals surface area contributed by atoms with Crippen molar-refractivity contribution in [2.75, 3.05) is 46.4 Å². The molecule has 0 aromatic carbocycles. The normalized spacial score (nSPS) is 27.4. The van der Waals surface area contributed by atoms with Gasteiger partial charge in [-0.05, 0) is 37.6 Å². The first-order valence-corrected chi connectivity index (χ1v) is 8.89. The van der Waals surface area contributed by atoms with Gasteiger partial charge in [0.25, 0.3) is 0 Å². The molecule has 0 N–H and O–H groups in total. The van der Waals surface area contributed by atoms with E-state index < -0.39 is 0 Å². The van der Waals surface area contributed by atoms with Crippen molar-refractivity contribution in [1.82, 2.24) is 19.7 Å². The molecule has 1 atom stereocenters. The highest BCUT2D eigenvalue weighted by atomic mass is 16.5. The molecule has 3 saturated heterocycles. The van der Waals surface area contributed by atoms with Crippen molar-refractivity contribution in [1.29, 1.82) is 0 Å². The van der Waals surface area contributed by atoms with Gasteiger partial charge in [-0.3, -0.25) is 19.6 Å². The summed E-state index contributed by atoms with van der Waals surface area (Å²) >= 11 is 0. The van der Waals surface area contributed by atoms with Gasteiger partial charge in [-0.15, -0.1) is 0 Å². The predicted molar refractivity (Wildman–Crippen MR) is 90.4 cm³/mol. The van der Waals surface area contributed by atoms with Gasteiger partial charge in [-0.25, -0.2) is 0 Å². The van der Waals surface area contributed by atoms with Crippen LogP contribution in [0.3, 0.4) is 0 Å². The van der Waals surface area contributed by atoms with Crippen LogP contribution < -0.4 is 0 Å². The Morgan fingerprint density at radius 3 is 2.62 bits per heavy atom. The number of rotatable bonds is 3. The molecule has 1 unspecified atom stereocenters. The van der Waals surface area contributed by atoms with Crippen LogP contribution in [-0.4, -0.2) is 83.6 Å². The van der Waals surface area contributed by atoms with Crippen molar-refractivity contribution in [3.63, 3.8) is 0 Å². The predicted octanol–water partition coefficient (Wildman–Crippen LogP) is 0.589. The molecule has 1 amide bonds. The van der Waals surface area contributed by atoms with Gasteiger partial charge in [0.2, 0.25) is 5.91 Å². The summed E-state index contributed by atoms with van der Waals surface area (Å²) in [4.78, 5) is 23.3. The van der Waals surface area contributed by atoms with Crippen molar-refractivity contribution < 1.29 is 9.53 Å². The number of amides is 1. The Kier molecular flexibility index (Phi) is 4.28. The van der Waals surface area contributed by atoms with Gasteiger partial charge < -0.3 is 9.64 Å².